The summed E-state index contributed by atoms with van der Waals surface area (Å²) >= 11 is 0. The fourth-order valence-corrected chi connectivity index (χ4v) is 3.37. The Morgan fingerprint density at radius 1 is 1.09 bits per heavy atom. The topological polar surface area (TPSA) is 86.1 Å². The molecule has 0 bridgehead atoms. The molecule has 1 aliphatic rings. The minimum atomic E-state index is -4.97. The van der Waals surface area contributed by atoms with E-state index in [1.807, 2.05) is 27.7 Å². The fourth-order valence-electron chi connectivity index (χ4n) is 3.37. The number of benzene rings is 1. The van der Waals surface area contributed by atoms with E-state index in [0.29, 0.717) is 15.7 Å². The molecule has 1 atom stereocenters. The SMILES string of the molecule is [B]C([B])([B])C(n1nc(-c2ccc(B3OC(C)(C)C(C)(C)O3)cc2)c(C#N)c1N)C(F)(F)F. The van der Waals surface area contributed by atoms with Crippen LogP contribution in [0.3, 0.4) is 0 Å². The van der Waals surface area contributed by atoms with Gasteiger partial charge in [-0.25, -0.2) is 4.68 Å². The number of halogens is 3. The van der Waals surface area contributed by atoms with Gasteiger partial charge in [-0.05, 0) is 33.2 Å². The average Bonchev–Trinajstić information content (AvgIpc) is 3.05. The Hall–Kier alpha value is -2.31. The molecule has 1 aliphatic heterocycles. The summed E-state index contributed by atoms with van der Waals surface area (Å²) in [6.07, 6.45) is -4.97. The molecule has 1 fully saturated rings. The summed E-state index contributed by atoms with van der Waals surface area (Å²) in [5.41, 5.74) is 5.45. The molecule has 13 heteroatoms. The molecule has 0 spiro atoms. The molecule has 32 heavy (non-hydrogen) atoms. The number of alkyl halides is 3. The van der Waals surface area contributed by atoms with Crippen LogP contribution in [0, 0.1) is 11.3 Å². The number of rotatable bonds is 4. The van der Waals surface area contributed by atoms with E-state index in [1.54, 1.807) is 30.3 Å². The Morgan fingerprint density at radius 3 is 2.00 bits per heavy atom. The summed E-state index contributed by atoms with van der Waals surface area (Å²) in [5, 5.41) is 10.7. The van der Waals surface area contributed by atoms with E-state index in [1.165, 1.54) is 0 Å². The summed E-state index contributed by atoms with van der Waals surface area (Å²) in [6.45, 7) is 7.66. The van der Waals surface area contributed by atoms with Crippen LogP contribution in [0.15, 0.2) is 24.3 Å². The van der Waals surface area contributed by atoms with Crippen molar-refractivity contribution in [2.45, 2.75) is 56.2 Å². The number of nitriles is 1. The van der Waals surface area contributed by atoms with Crippen molar-refractivity contribution in [3.05, 3.63) is 29.8 Å². The number of hydrogen-bond acceptors (Lipinski definition) is 5. The third-order valence-corrected chi connectivity index (χ3v) is 5.80. The van der Waals surface area contributed by atoms with Gasteiger partial charge in [-0.15, -0.1) is 5.11 Å². The van der Waals surface area contributed by atoms with Crippen LogP contribution in [0.1, 0.15) is 39.3 Å². The maximum atomic E-state index is 13.6. The molecule has 2 heterocycles. The van der Waals surface area contributed by atoms with Crippen LogP contribution in [0.5, 0.6) is 0 Å². The molecule has 6 radical (unpaired) electrons. The Labute approximate surface area is 189 Å². The molecule has 1 aromatic carbocycles. The second-order valence-corrected chi connectivity index (χ2v) is 8.82. The largest absolute Gasteiger partial charge is 0.494 e. The van der Waals surface area contributed by atoms with E-state index < -0.39 is 41.5 Å². The lowest BCUT2D eigenvalue weighted by Crippen LogP contribution is -2.41. The fraction of sp³-hybridized carbons (Fsp3) is 0.474. The number of anilines is 1. The minimum absolute atomic E-state index is 0.0658. The lowest BCUT2D eigenvalue weighted by Gasteiger charge is -2.34. The van der Waals surface area contributed by atoms with Crippen molar-refractivity contribution in [1.82, 2.24) is 9.78 Å². The van der Waals surface area contributed by atoms with Crippen molar-refractivity contribution in [2.24, 2.45) is 0 Å². The lowest BCUT2D eigenvalue weighted by atomic mass is 9.39. The predicted octanol–water partition coefficient (Wildman–Crippen LogP) is 1.99. The van der Waals surface area contributed by atoms with Crippen LogP contribution in [-0.2, 0) is 9.31 Å². The van der Waals surface area contributed by atoms with E-state index in [0.717, 1.165) is 0 Å². The van der Waals surface area contributed by atoms with Crippen LogP contribution in [0.2, 0.25) is 5.11 Å². The van der Waals surface area contributed by atoms with Crippen LogP contribution >= 0.6 is 0 Å². The van der Waals surface area contributed by atoms with Gasteiger partial charge in [0.2, 0.25) is 0 Å². The van der Waals surface area contributed by atoms with E-state index in [2.05, 4.69) is 5.10 Å². The highest BCUT2D eigenvalue weighted by atomic mass is 19.4. The zero-order valence-electron chi connectivity index (χ0n) is 18.1. The van der Waals surface area contributed by atoms with Crippen LogP contribution < -0.4 is 11.2 Å². The van der Waals surface area contributed by atoms with Gasteiger partial charge in [-0.3, -0.25) is 0 Å². The Morgan fingerprint density at radius 2 is 1.59 bits per heavy atom. The van der Waals surface area contributed by atoms with Crippen LogP contribution in [0.4, 0.5) is 19.0 Å². The van der Waals surface area contributed by atoms with Gasteiger partial charge >= 0.3 is 13.3 Å². The van der Waals surface area contributed by atoms with Crippen molar-refractivity contribution < 1.29 is 22.5 Å². The first-order chi connectivity index (χ1) is 14.5. The highest BCUT2D eigenvalue weighted by Crippen LogP contribution is 2.45. The molecule has 0 aliphatic carbocycles. The summed E-state index contributed by atoms with van der Waals surface area (Å²) in [7, 11) is 15.4. The molecule has 0 amide bonds. The first-order valence-corrected chi connectivity index (χ1v) is 9.67. The second-order valence-electron chi connectivity index (χ2n) is 8.82. The van der Waals surface area contributed by atoms with E-state index in [9.17, 15) is 18.4 Å². The van der Waals surface area contributed by atoms with Crippen molar-refractivity contribution in [2.75, 3.05) is 5.73 Å². The molecule has 3 rings (SSSR count). The molecule has 1 unspecified atom stereocenters. The number of nitrogen functional groups attached to an aromatic ring is 1. The zero-order valence-corrected chi connectivity index (χ0v) is 18.1. The highest BCUT2D eigenvalue weighted by molar-refractivity contribution is 6.62. The minimum Gasteiger partial charge on any atom is -0.399 e. The molecular weight excluding hydrogens is 416 g/mol. The first kappa shape index (κ1) is 24.3. The molecular formula is C19H19B4F3N4O2. The van der Waals surface area contributed by atoms with Gasteiger partial charge in [0.15, 0.2) is 0 Å². The van der Waals surface area contributed by atoms with E-state index in [-0.39, 0.29) is 11.3 Å². The third-order valence-electron chi connectivity index (χ3n) is 5.80. The standard InChI is InChI=1S/C19H19B4F3N4O2/c1-16(2)17(3,4)32-23(31-16)11-7-5-10(6-8-11)13-12(9-27)14(28)30(29-13)15(18(20,21)22)19(24,25)26/h5-8,15H,28H2,1-4H3. The normalized spacial score (nSPS) is 19.0. The molecule has 6 nitrogen and oxygen atoms in total. The summed E-state index contributed by atoms with van der Waals surface area (Å²) in [6, 6.07) is 5.64. The molecule has 160 valence electrons. The number of nitrogens with two attached hydrogens (primary N) is 1. The quantitative estimate of drug-likeness (QED) is 0.742. The van der Waals surface area contributed by atoms with E-state index >= 15 is 0 Å². The van der Waals surface area contributed by atoms with Gasteiger partial charge in [0, 0.05) is 5.56 Å². The Kier molecular flexibility index (Phi) is 5.80. The maximum Gasteiger partial charge on any atom is 0.494 e. The Bertz CT molecular complexity index is 1030. The number of aromatic nitrogens is 2. The second kappa shape index (κ2) is 7.63. The van der Waals surface area contributed by atoms with Crippen LogP contribution in [0.25, 0.3) is 11.3 Å². The van der Waals surface area contributed by atoms with Crippen molar-refractivity contribution >= 4 is 41.9 Å². The first-order valence-electron chi connectivity index (χ1n) is 9.67. The summed E-state index contributed by atoms with van der Waals surface area (Å²) in [4.78, 5) is 0. The number of hydrogen-bond donors (Lipinski definition) is 1. The Balaban J connectivity index is 2.01. The summed E-state index contributed by atoms with van der Waals surface area (Å²) < 4.78 is 53.2. The third kappa shape index (κ3) is 4.18. The molecule has 0 saturated carbocycles. The average molecular weight is 436 g/mol. The number of nitrogens with zero attached hydrogens (tertiary/aromatic N) is 3. The van der Waals surface area contributed by atoms with Gasteiger partial charge in [0.1, 0.15) is 29.2 Å². The van der Waals surface area contributed by atoms with E-state index in [4.69, 9.17) is 38.6 Å². The van der Waals surface area contributed by atoms with Gasteiger partial charge in [-0.2, -0.15) is 23.5 Å². The van der Waals surface area contributed by atoms with Crippen molar-refractivity contribution in [3.8, 4) is 17.3 Å². The molecule has 1 aromatic heterocycles. The lowest BCUT2D eigenvalue weighted by molar-refractivity contribution is -0.169. The van der Waals surface area contributed by atoms with Crippen LogP contribution in [-0.4, -0.2) is 57.8 Å². The molecule has 2 N–H and O–H groups in total. The highest BCUT2D eigenvalue weighted by Gasteiger charge is 2.52. The van der Waals surface area contributed by atoms with Gasteiger partial charge < -0.3 is 15.0 Å². The van der Waals surface area contributed by atoms with Gasteiger partial charge in [0.25, 0.3) is 0 Å². The molecule has 1 saturated heterocycles. The molecule has 2 aromatic rings. The zero-order chi connectivity index (χ0) is 24.3. The van der Waals surface area contributed by atoms with Gasteiger partial charge in [-0.1, -0.05) is 24.3 Å². The predicted molar refractivity (Wildman–Crippen MR) is 118 cm³/mol. The van der Waals surface area contributed by atoms with Crippen molar-refractivity contribution in [3.63, 3.8) is 0 Å². The van der Waals surface area contributed by atoms with Crippen molar-refractivity contribution in [1.29, 1.82) is 5.26 Å². The smallest absolute Gasteiger partial charge is 0.399 e. The summed E-state index contributed by atoms with van der Waals surface area (Å²) in [5.74, 6) is -0.550. The monoisotopic (exact) mass is 436 g/mol. The van der Waals surface area contributed by atoms with Gasteiger partial charge in [0.05, 0.1) is 34.7 Å². The maximum absolute atomic E-state index is 13.6.